The molecule has 0 unspecified atom stereocenters. The summed E-state index contributed by atoms with van der Waals surface area (Å²) in [5.74, 6) is 1.31. The molecule has 2 heterocycles. The van der Waals surface area contributed by atoms with Gasteiger partial charge in [0.05, 0.1) is 11.8 Å². The number of benzene rings is 1. The van der Waals surface area contributed by atoms with Crippen molar-refractivity contribution in [3.63, 3.8) is 0 Å². The van der Waals surface area contributed by atoms with Gasteiger partial charge >= 0.3 is 0 Å². The molecule has 0 atom stereocenters. The zero-order valence-corrected chi connectivity index (χ0v) is 10.2. The average Bonchev–Trinajstić information content (AvgIpc) is 2.99. The second-order valence-corrected chi connectivity index (χ2v) is 4.17. The van der Waals surface area contributed by atoms with Crippen molar-refractivity contribution in [2.75, 3.05) is 13.2 Å². The minimum atomic E-state index is -0.163. The molecule has 0 bridgehead atoms. The standard InChI is InChI=1S/C14H13NO4/c16-14(11-3-4-17-9-11)15-8-10-1-2-12-13(7-10)19-6-5-18-12/h1-4,7,9H,5-6,8H2,(H,15,16). The van der Waals surface area contributed by atoms with E-state index in [-0.39, 0.29) is 5.91 Å². The Morgan fingerprint density at radius 1 is 1.16 bits per heavy atom. The Balaban J connectivity index is 1.65. The molecule has 1 amide bonds. The molecule has 19 heavy (non-hydrogen) atoms. The fourth-order valence-electron chi connectivity index (χ4n) is 1.88. The van der Waals surface area contributed by atoms with Crippen LogP contribution in [0.3, 0.4) is 0 Å². The van der Waals surface area contributed by atoms with Gasteiger partial charge in [-0.1, -0.05) is 6.07 Å². The van der Waals surface area contributed by atoms with E-state index in [2.05, 4.69) is 5.32 Å². The number of rotatable bonds is 3. The first-order chi connectivity index (χ1) is 9.33. The minimum absolute atomic E-state index is 0.163. The fraction of sp³-hybridized carbons (Fsp3) is 0.214. The zero-order valence-electron chi connectivity index (χ0n) is 10.2. The van der Waals surface area contributed by atoms with Crippen LogP contribution in [0.2, 0.25) is 0 Å². The van der Waals surface area contributed by atoms with E-state index < -0.39 is 0 Å². The van der Waals surface area contributed by atoms with E-state index in [1.54, 1.807) is 6.07 Å². The van der Waals surface area contributed by atoms with Crippen LogP contribution in [0, 0.1) is 0 Å². The van der Waals surface area contributed by atoms with Gasteiger partial charge in [0.25, 0.3) is 5.91 Å². The van der Waals surface area contributed by atoms with Crippen molar-refractivity contribution in [3.8, 4) is 11.5 Å². The molecule has 0 radical (unpaired) electrons. The molecule has 1 aromatic carbocycles. The van der Waals surface area contributed by atoms with Gasteiger partial charge in [0.1, 0.15) is 19.5 Å². The number of carbonyl (C=O) groups is 1. The number of carbonyl (C=O) groups excluding carboxylic acids is 1. The molecule has 2 aromatic rings. The first-order valence-corrected chi connectivity index (χ1v) is 6.02. The molecule has 0 aliphatic carbocycles. The summed E-state index contributed by atoms with van der Waals surface area (Å²) in [6.45, 7) is 1.56. The minimum Gasteiger partial charge on any atom is -0.486 e. The van der Waals surface area contributed by atoms with Gasteiger partial charge in [0.2, 0.25) is 0 Å². The zero-order chi connectivity index (χ0) is 13.1. The van der Waals surface area contributed by atoms with Crippen LogP contribution in [0.4, 0.5) is 0 Å². The third-order valence-corrected chi connectivity index (χ3v) is 2.84. The molecular formula is C14H13NO4. The maximum Gasteiger partial charge on any atom is 0.254 e. The van der Waals surface area contributed by atoms with Crippen LogP contribution >= 0.6 is 0 Å². The molecule has 0 saturated carbocycles. The molecule has 5 heteroatoms. The van der Waals surface area contributed by atoms with E-state index in [0.717, 1.165) is 17.1 Å². The Morgan fingerprint density at radius 2 is 2.00 bits per heavy atom. The van der Waals surface area contributed by atoms with Crippen molar-refractivity contribution in [2.24, 2.45) is 0 Å². The van der Waals surface area contributed by atoms with Gasteiger partial charge in [0, 0.05) is 6.54 Å². The average molecular weight is 259 g/mol. The molecule has 1 aliphatic rings. The quantitative estimate of drug-likeness (QED) is 0.915. The predicted molar refractivity (Wildman–Crippen MR) is 67.3 cm³/mol. The van der Waals surface area contributed by atoms with Crippen molar-refractivity contribution < 1.29 is 18.7 Å². The van der Waals surface area contributed by atoms with Crippen LogP contribution in [0.25, 0.3) is 0 Å². The number of fused-ring (bicyclic) bond motifs is 1. The molecule has 0 fully saturated rings. The Hall–Kier alpha value is -2.43. The summed E-state index contributed by atoms with van der Waals surface area (Å²) in [7, 11) is 0. The van der Waals surface area contributed by atoms with E-state index in [1.807, 2.05) is 18.2 Å². The molecule has 0 saturated heterocycles. The monoisotopic (exact) mass is 259 g/mol. The molecule has 98 valence electrons. The Kier molecular flexibility index (Phi) is 3.10. The molecule has 3 rings (SSSR count). The van der Waals surface area contributed by atoms with Gasteiger partial charge in [0.15, 0.2) is 11.5 Å². The lowest BCUT2D eigenvalue weighted by Gasteiger charge is -2.18. The van der Waals surface area contributed by atoms with E-state index >= 15 is 0 Å². The first kappa shape index (κ1) is 11.6. The topological polar surface area (TPSA) is 60.7 Å². The molecule has 5 nitrogen and oxygen atoms in total. The second kappa shape index (κ2) is 5.06. The first-order valence-electron chi connectivity index (χ1n) is 6.02. The Labute approximate surface area is 110 Å². The lowest BCUT2D eigenvalue weighted by Crippen LogP contribution is -2.22. The number of nitrogens with one attached hydrogen (secondary N) is 1. The smallest absolute Gasteiger partial charge is 0.254 e. The molecule has 1 aromatic heterocycles. The van der Waals surface area contributed by atoms with Crippen molar-refractivity contribution in [2.45, 2.75) is 6.54 Å². The summed E-state index contributed by atoms with van der Waals surface area (Å²) in [6, 6.07) is 7.26. The molecular weight excluding hydrogens is 246 g/mol. The largest absolute Gasteiger partial charge is 0.486 e. The van der Waals surface area contributed by atoms with Crippen LogP contribution in [0.15, 0.2) is 41.2 Å². The second-order valence-electron chi connectivity index (χ2n) is 4.17. The van der Waals surface area contributed by atoms with E-state index in [9.17, 15) is 4.79 Å². The lowest BCUT2D eigenvalue weighted by atomic mass is 10.2. The van der Waals surface area contributed by atoms with Gasteiger partial charge < -0.3 is 19.2 Å². The lowest BCUT2D eigenvalue weighted by molar-refractivity contribution is 0.0950. The van der Waals surface area contributed by atoms with Gasteiger partial charge in [-0.15, -0.1) is 0 Å². The molecule has 0 spiro atoms. The predicted octanol–water partition coefficient (Wildman–Crippen LogP) is 1.98. The van der Waals surface area contributed by atoms with E-state index in [1.165, 1.54) is 12.5 Å². The number of furan rings is 1. The number of amides is 1. The van der Waals surface area contributed by atoms with Crippen molar-refractivity contribution >= 4 is 5.91 Å². The van der Waals surface area contributed by atoms with Crippen LogP contribution in [0.5, 0.6) is 11.5 Å². The van der Waals surface area contributed by atoms with Crippen LogP contribution in [-0.4, -0.2) is 19.1 Å². The van der Waals surface area contributed by atoms with Gasteiger partial charge in [-0.2, -0.15) is 0 Å². The highest BCUT2D eigenvalue weighted by Crippen LogP contribution is 2.30. The summed E-state index contributed by atoms with van der Waals surface area (Å²) in [6.07, 6.45) is 2.89. The highest BCUT2D eigenvalue weighted by Gasteiger charge is 2.12. The summed E-state index contributed by atoms with van der Waals surface area (Å²) < 4.78 is 15.8. The maximum atomic E-state index is 11.7. The van der Waals surface area contributed by atoms with E-state index in [0.29, 0.717) is 25.3 Å². The van der Waals surface area contributed by atoms with Crippen LogP contribution in [-0.2, 0) is 6.54 Å². The summed E-state index contributed by atoms with van der Waals surface area (Å²) >= 11 is 0. The highest BCUT2D eigenvalue weighted by molar-refractivity contribution is 5.93. The van der Waals surface area contributed by atoms with Gasteiger partial charge in [-0.25, -0.2) is 0 Å². The number of ether oxygens (including phenoxy) is 2. The summed E-state index contributed by atoms with van der Waals surface area (Å²) in [4.78, 5) is 11.7. The normalized spacial score (nSPS) is 13.1. The van der Waals surface area contributed by atoms with Crippen molar-refractivity contribution in [3.05, 3.63) is 47.9 Å². The third-order valence-electron chi connectivity index (χ3n) is 2.84. The van der Waals surface area contributed by atoms with E-state index in [4.69, 9.17) is 13.9 Å². The van der Waals surface area contributed by atoms with Crippen LogP contribution < -0.4 is 14.8 Å². The summed E-state index contributed by atoms with van der Waals surface area (Å²) in [5.41, 5.74) is 1.47. The summed E-state index contributed by atoms with van der Waals surface area (Å²) in [5, 5.41) is 2.81. The highest BCUT2D eigenvalue weighted by atomic mass is 16.6. The Morgan fingerprint density at radius 3 is 2.79 bits per heavy atom. The van der Waals surface area contributed by atoms with Crippen LogP contribution in [0.1, 0.15) is 15.9 Å². The van der Waals surface area contributed by atoms with Crippen molar-refractivity contribution in [1.82, 2.24) is 5.32 Å². The number of hydrogen-bond donors (Lipinski definition) is 1. The molecule has 1 N–H and O–H groups in total. The van der Waals surface area contributed by atoms with Crippen molar-refractivity contribution in [1.29, 1.82) is 0 Å². The molecule has 1 aliphatic heterocycles. The number of hydrogen-bond acceptors (Lipinski definition) is 4. The fourth-order valence-corrected chi connectivity index (χ4v) is 1.88. The van der Waals surface area contributed by atoms with Gasteiger partial charge in [-0.3, -0.25) is 4.79 Å². The maximum absolute atomic E-state index is 11.7. The Bertz CT molecular complexity index is 577. The third kappa shape index (κ3) is 2.54. The SMILES string of the molecule is O=C(NCc1ccc2c(c1)OCCO2)c1ccoc1. The van der Waals surface area contributed by atoms with Gasteiger partial charge in [-0.05, 0) is 23.8 Å².